The highest BCUT2D eigenvalue weighted by molar-refractivity contribution is 5.95. The molecule has 1 saturated heterocycles. The Morgan fingerprint density at radius 1 is 1.56 bits per heavy atom. The smallest absolute Gasteiger partial charge is 0.271 e. The normalized spacial score (nSPS) is 19.7. The van der Waals surface area contributed by atoms with Crippen LogP contribution in [0.1, 0.15) is 16.9 Å². The van der Waals surface area contributed by atoms with Crippen LogP contribution >= 0.6 is 0 Å². The van der Waals surface area contributed by atoms with Gasteiger partial charge in [0, 0.05) is 32.0 Å². The number of nitrogens with one attached hydrogen (secondary N) is 1. The van der Waals surface area contributed by atoms with Crippen LogP contribution in [0, 0.1) is 0 Å². The first-order chi connectivity index (χ1) is 7.70. The zero-order chi connectivity index (χ0) is 11.5. The first-order valence-corrected chi connectivity index (χ1v) is 5.24. The van der Waals surface area contributed by atoms with Crippen molar-refractivity contribution in [2.45, 2.75) is 12.5 Å². The molecule has 0 saturated carbocycles. The molecule has 1 atom stereocenters. The Bertz CT molecular complexity index is 389. The Morgan fingerprint density at radius 3 is 2.94 bits per heavy atom. The van der Waals surface area contributed by atoms with Gasteiger partial charge in [-0.2, -0.15) is 0 Å². The van der Waals surface area contributed by atoms with Gasteiger partial charge in [0.25, 0.3) is 5.91 Å². The molecule has 2 rings (SSSR count). The molecule has 1 fully saturated rings. The summed E-state index contributed by atoms with van der Waals surface area (Å²) in [5, 5.41) is 3.27. The Kier molecular flexibility index (Phi) is 3.00. The summed E-state index contributed by atoms with van der Waals surface area (Å²) in [6.07, 6.45) is 4.08. The molecular formula is C10H15N5O. The van der Waals surface area contributed by atoms with E-state index in [2.05, 4.69) is 15.3 Å². The van der Waals surface area contributed by atoms with Gasteiger partial charge in [0.05, 0.1) is 0 Å². The molecule has 1 aliphatic heterocycles. The minimum Gasteiger partial charge on any atom is -0.364 e. The minimum atomic E-state index is -0.541. The van der Waals surface area contributed by atoms with Crippen LogP contribution in [-0.4, -0.2) is 42.1 Å². The van der Waals surface area contributed by atoms with Crippen molar-refractivity contribution in [3.63, 3.8) is 0 Å². The second-order valence-electron chi connectivity index (χ2n) is 3.85. The molecule has 6 heteroatoms. The van der Waals surface area contributed by atoms with E-state index >= 15 is 0 Å². The van der Waals surface area contributed by atoms with E-state index in [-0.39, 0.29) is 5.69 Å². The van der Waals surface area contributed by atoms with Crippen molar-refractivity contribution in [1.29, 1.82) is 0 Å². The average molecular weight is 221 g/mol. The highest BCUT2D eigenvalue weighted by Gasteiger charge is 2.23. The largest absolute Gasteiger partial charge is 0.364 e. The number of anilines is 1. The van der Waals surface area contributed by atoms with E-state index in [0.717, 1.165) is 19.5 Å². The fraction of sp³-hybridized carbons (Fsp3) is 0.500. The summed E-state index contributed by atoms with van der Waals surface area (Å²) in [5.41, 5.74) is 5.50. The molecule has 1 aromatic heterocycles. The van der Waals surface area contributed by atoms with E-state index < -0.39 is 5.91 Å². The molecule has 1 aliphatic rings. The lowest BCUT2D eigenvalue weighted by atomic mass is 10.2. The Balaban J connectivity index is 2.27. The van der Waals surface area contributed by atoms with Crippen LogP contribution in [0.5, 0.6) is 0 Å². The van der Waals surface area contributed by atoms with E-state index in [1.807, 2.05) is 11.9 Å². The predicted molar refractivity (Wildman–Crippen MR) is 60.2 cm³/mol. The van der Waals surface area contributed by atoms with Crippen LogP contribution in [0.15, 0.2) is 12.4 Å². The number of carbonyl (C=O) groups is 1. The van der Waals surface area contributed by atoms with Crippen molar-refractivity contribution in [2.75, 3.05) is 25.0 Å². The molecule has 0 aromatic carbocycles. The van der Waals surface area contributed by atoms with E-state index in [1.54, 1.807) is 6.20 Å². The Labute approximate surface area is 93.9 Å². The van der Waals surface area contributed by atoms with Crippen molar-refractivity contribution in [3.05, 3.63) is 18.1 Å². The molecule has 0 radical (unpaired) electrons. The summed E-state index contributed by atoms with van der Waals surface area (Å²) < 4.78 is 0. The molecule has 0 aliphatic carbocycles. The molecule has 1 unspecified atom stereocenters. The molecule has 16 heavy (non-hydrogen) atoms. The summed E-state index contributed by atoms with van der Waals surface area (Å²) in [7, 11) is 1.91. The second-order valence-corrected chi connectivity index (χ2v) is 3.85. The number of hydrogen-bond donors (Lipinski definition) is 2. The lowest BCUT2D eigenvalue weighted by Crippen LogP contribution is -2.35. The van der Waals surface area contributed by atoms with Crippen LogP contribution in [-0.2, 0) is 0 Å². The molecule has 1 aromatic rings. The molecule has 6 nitrogen and oxygen atoms in total. The Morgan fingerprint density at radius 2 is 2.31 bits per heavy atom. The SMILES string of the molecule is CN(c1nccnc1C(N)=O)C1CCNC1. The number of hydrogen-bond acceptors (Lipinski definition) is 5. The number of nitrogens with two attached hydrogens (primary N) is 1. The zero-order valence-corrected chi connectivity index (χ0v) is 9.18. The number of amides is 1. The van der Waals surface area contributed by atoms with Crippen molar-refractivity contribution in [2.24, 2.45) is 5.73 Å². The lowest BCUT2D eigenvalue weighted by Gasteiger charge is -2.25. The third kappa shape index (κ3) is 1.96. The lowest BCUT2D eigenvalue weighted by molar-refractivity contribution is 0.0995. The van der Waals surface area contributed by atoms with Crippen molar-refractivity contribution >= 4 is 11.7 Å². The van der Waals surface area contributed by atoms with Crippen LogP contribution in [0.2, 0.25) is 0 Å². The molecule has 1 amide bonds. The minimum absolute atomic E-state index is 0.233. The van der Waals surface area contributed by atoms with Crippen LogP contribution in [0.25, 0.3) is 0 Å². The quantitative estimate of drug-likeness (QED) is 0.710. The van der Waals surface area contributed by atoms with Gasteiger partial charge in [-0.05, 0) is 13.0 Å². The second kappa shape index (κ2) is 4.44. The van der Waals surface area contributed by atoms with Gasteiger partial charge in [0.15, 0.2) is 11.5 Å². The monoisotopic (exact) mass is 221 g/mol. The molecule has 3 N–H and O–H groups in total. The number of carbonyl (C=O) groups excluding carboxylic acids is 1. The maximum atomic E-state index is 11.2. The first kappa shape index (κ1) is 10.8. The number of likely N-dealkylation sites (N-methyl/N-ethyl adjacent to an activating group) is 1. The highest BCUT2D eigenvalue weighted by Crippen LogP contribution is 2.18. The van der Waals surface area contributed by atoms with E-state index in [0.29, 0.717) is 11.9 Å². The number of rotatable bonds is 3. The molecule has 2 heterocycles. The summed E-state index contributed by atoms with van der Waals surface area (Å²) in [6.45, 7) is 1.88. The van der Waals surface area contributed by atoms with Crippen molar-refractivity contribution in [1.82, 2.24) is 15.3 Å². The third-order valence-corrected chi connectivity index (χ3v) is 2.83. The van der Waals surface area contributed by atoms with Crippen LogP contribution < -0.4 is 16.0 Å². The zero-order valence-electron chi connectivity index (χ0n) is 9.18. The maximum absolute atomic E-state index is 11.2. The van der Waals surface area contributed by atoms with Gasteiger partial charge in [-0.1, -0.05) is 0 Å². The maximum Gasteiger partial charge on any atom is 0.271 e. The molecule has 0 spiro atoms. The summed E-state index contributed by atoms with van der Waals surface area (Å²) in [6, 6.07) is 0.342. The predicted octanol–water partition coefficient (Wildman–Crippen LogP) is -0.626. The van der Waals surface area contributed by atoms with E-state index in [9.17, 15) is 4.79 Å². The summed E-state index contributed by atoms with van der Waals surface area (Å²) in [5.74, 6) is 0.0182. The molecule has 0 bridgehead atoms. The van der Waals surface area contributed by atoms with Gasteiger partial charge in [0.1, 0.15) is 0 Å². The average Bonchev–Trinajstić information content (AvgIpc) is 2.81. The van der Waals surface area contributed by atoms with Gasteiger partial charge < -0.3 is 16.0 Å². The van der Waals surface area contributed by atoms with Gasteiger partial charge in [-0.3, -0.25) is 4.79 Å². The number of nitrogens with zero attached hydrogens (tertiary/aromatic N) is 3. The highest BCUT2D eigenvalue weighted by atomic mass is 16.1. The van der Waals surface area contributed by atoms with Gasteiger partial charge in [-0.15, -0.1) is 0 Å². The number of primary amides is 1. The third-order valence-electron chi connectivity index (χ3n) is 2.83. The number of aromatic nitrogens is 2. The fourth-order valence-electron chi connectivity index (χ4n) is 1.91. The van der Waals surface area contributed by atoms with Crippen LogP contribution in [0.4, 0.5) is 5.82 Å². The van der Waals surface area contributed by atoms with Crippen molar-refractivity contribution in [3.8, 4) is 0 Å². The topological polar surface area (TPSA) is 84.1 Å². The Hall–Kier alpha value is -1.69. The standard InChI is InChI=1S/C10H15N5O/c1-15(7-2-3-12-6-7)10-8(9(11)16)13-4-5-14-10/h4-5,7,12H,2-3,6H2,1H3,(H2,11,16). The summed E-state index contributed by atoms with van der Waals surface area (Å²) in [4.78, 5) is 21.3. The van der Waals surface area contributed by atoms with Gasteiger partial charge in [-0.25, -0.2) is 9.97 Å². The van der Waals surface area contributed by atoms with Gasteiger partial charge >= 0.3 is 0 Å². The molecular weight excluding hydrogens is 206 g/mol. The summed E-state index contributed by atoms with van der Waals surface area (Å²) >= 11 is 0. The van der Waals surface area contributed by atoms with Gasteiger partial charge in [0.2, 0.25) is 0 Å². The van der Waals surface area contributed by atoms with Crippen molar-refractivity contribution < 1.29 is 4.79 Å². The van der Waals surface area contributed by atoms with E-state index in [1.165, 1.54) is 6.20 Å². The molecule has 86 valence electrons. The first-order valence-electron chi connectivity index (χ1n) is 5.24. The van der Waals surface area contributed by atoms with Crippen LogP contribution in [0.3, 0.4) is 0 Å². The van der Waals surface area contributed by atoms with E-state index in [4.69, 9.17) is 5.73 Å². The fourth-order valence-corrected chi connectivity index (χ4v) is 1.91.